The lowest BCUT2D eigenvalue weighted by Crippen LogP contribution is -2.63. The Morgan fingerprint density at radius 3 is 2.09 bits per heavy atom. The molecule has 0 aromatic carbocycles. The topological polar surface area (TPSA) is 183 Å². The highest BCUT2D eigenvalue weighted by Crippen LogP contribution is 2.69. The maximum absolute atomic E-state index is 12.9. The molecule has 0 radical (unpaired) electrons. The summed E-state index contributed by atoms with van der Waals surface area (Å²) in [4.78, 5) is 50.4. The molecule has 11 atom stereocenters. The molecule has 0 aliphatic heterocycles. The highest BCUT2D eigenvalue weighted by Gasteiger charge is 2.67. The standard InChI is InChI=1S/C35H61N4O8/c1-21(7-10-29(40)44-14-13-39(4,5)6)24-8-9-25-33-26(17-28(35(24,25)3)47-32(43)20-38)34(2)12-11-23(45-30(41)18-36)15-22(34)16-27(33)46-31(42)19-37/h21-28,33H,7-20,36-38H2,1-6H3/q+1/t21-,22+,23-,24-,25+,26+,27-,28+,33+,34+,35-/m1/s1. The molecule has 0 bridgehead atoms. The molecule has 268 valence electrons. The fourth-order valence-corrected chi connectivity index (χ4v) is 10.2. The molecule has 47 heavy (non-hydrogen) atoms. The quantitative estimate of drug-likeness (QED) is 0.149. The van der Waals surface area contributed by atoms with Crippen molar-refractivity contribution in [2.24, 2.45) is 63.5 Å². The molecule has 4 saturated carbocycles. The molecule has 6 N–H and O–H groups in total. The first kappa shape index (κ1) is 37.5. The largest absolute Gasteiger partial charge is 0.461 e. The monoisotopic (exact) mass is 665 g/mol. The summed E-state index contributed by atoms with van der Waals surface area (Å²) in [6.45, 7) is 7.33. The lowest BCUT2D eigenvalue weighted by molar-refractivity contribution is -0.870. The zero-order chi connectivity index (χ0) is 34.7. The van der Waals surface area contributed by atoms with E-state index in [0.717, 1.165) is 36.7 Å². The van der Waals surface area contributed by atoms with Gasteiger partial charge in [0.25, 0.3) is 0 Å². The third-order valence-corrected chi connectivity index (χ3v) is 12.6. The lowest BCUT2D eigenvalue weighted by atomic mass is 9.43. The van der Waals surface area contributed by atoms with Gasteiger partial charge in [0.05, 0.1) is 40.8 Å². The smallest absolute Gasteiger partial charge is 0.319 e. The molecule has 0 unspecified atom stereocenters. The highest BCUT2D eigenvalue weighted by molar-refractivity contribution is 5.72. The number of nitrogens with zero attached hydrogens (tertiary/aromatic N) is 1. The van der Waals surface area contributed by atoms with E-state index in [1.54, 1.807) is 0 Å². The first-order valence-electron chi connectivity index (χ1n) is 17.7. The zero-order valence-corrected chi connectivity index (χ0v) is 29.5. The minimum Gasteiger partial charge on any atom is -0.461 e. The maximum atomic E-state index is 12.9. The summed E-state index contributed by atoms with van der Waals surface area (Å²) < 4.78 is 24.4. The van der Waals surface area contributed by atoms with Crippen molar-refractivity contribution in [2.45, 2.75) is 96.9 Å². The van der Waals surface area contributed by atoms with Crippen molar-refractivity contribution in [1.29, 1.82) is 0 Å². The molecular formula is C35H61N4O8+. The van der Waals surface area contributed by atoms with Gasteiger partial charge in [0.15, 0.2) is 0 Å². The first-order valence-corrected chi connectivity index (χ1v) is 17.7. The van der Waals surface area contributed by atoms with Crippen LogP contribution in [0, 0.1) is 46.3 Å². The van der Waals surface area contributed by atoms with Gasteiger partial charge in [-0.1, -0.05) is 20.8 Å². The van der Waals surface area contributed by atoms with Crippen molar-refractivity contribution in [3.8, 4) is 0 Å². The first-order chi connectivity index (χ1) is 22.1. The third-order valence-electron chi connectivity index (χ3n) is 12.6. The van der Waals surface area contributed by atoms with E-state index in [1.165, 1.54) is 0 Å². The second-order valence-corrected chi connectivity index (χ2v) is 16.3. The van der Waals surface area contributed by atoms with Crippen molar-refractivity contribution in [2.75, 3.05) is 53.9 Å². The number of quaternary nitrogens is 1. The van der Waals surface area contributed by atoms with Crippen LogP contribution in [0.2, 0.25) is 0 Å². The van der Waals surface area contributed by atoms with E-state index < -0.39 is 23.3 Å². The van der Waals surface area contributed by atoms with E-state index in [1.807, 2.05) is 0 Å². The van der Waals surface area contributed by atoms with Gasteiger partial charge in [-0.25, -0.2) is 0 Å². The summed E-state index contributed by atoms with van der Waals surface area (Å²) in [5.74, 6) is -0.649. The van der Waals surface area contributed by atoms with Crippen LogP contribution < -0.4 is 17.2 Å². The van der Waals surface area contributed by atoms with Crippen LogP contribution in [-0.2, 0) is 38.1 Å². The summed E-state index contributed by atoms with van der Waals surface area (Å²) in [6.07, 6.45) is 5.44. The fraction of sp³-hybridized carbons (Fsp3) is 0.886. The predicted molar refractivity (Wildman–Crippen MR) is 175 cm³/mol. The Morgan fingerprint density at radius 1 is 0.809 bits per heavy atom. The average Bonchev–Trinajstić information content (AvgIpc) is 3.38. The Balaban J connectivity index is 1.61. The molecular weight excluding hydrogens is 604 g/mol. The van der Waals surface area contributed by atoms with Gasteiger partial charge in [-0.3, -0.25) is 19.2 Å². The van der Waals surface area contributed by atoms with Gasteiger partial charge in [0.2, 0.25) is 0 Å². The van der Waals surface area contributed by atoms with Gasteiger partial charge in [-0.05, 0) is 86.4 Å². The van der Waals surface area contributed by atoms with Gasteiger partial charge < -0.3 is 40.6 Å². The number of esters is 4. The van der Waals surface area contributed by atoms with Crippen LogP contribution in [0.25, 0.3) is 0 Å². The normalized spacial score (nSPS) is 37.0. The van der Waals surface area contributed by atoms with E-state index >= 15 is 0 Å². The molecule has 12 heteroatoms. The Bertz CT molecular complexity index is 1150. The highest BCUT2D eigenvalue weighted by atomic mass is 16.6. The summed E-state index contributed by atoms with van der Waals surface area (Å²) in [6, 6.07) is 0. The summed E-state index contributed by atoms with van der Waals surface area (Å²) in [7, 11) is 6.19. The van der Waals surface area contributed by atoms with E-state index in [9.17, 15) is 19.2 Å². The van der Waals surface area contributed by atoms with Crippen molar-refractivity contribution >= 4 is 23.9 Å². The van der Waals surface area contributed by atoms with E-state index in [-0.39, 0.29) is 84.8 Å². The Labute approximate surface area is 280 Å². The summed E-state index contributed by atoms with van der Waals surface area (Å²) in [5, 5.41) is 0. The van der Waals surface area contributed by atoms with E-state index in [4.69, 9.17) is 36.1 Å². The number of carbonyl (C=O) groups is 4. The van der Waals surface area contributed by atoms with Crippen LogP contribution in [0.1, 0.15) is 78.6 Å². The molecule has 0 aromatic heterocycles. The lowest BCUT2D eigenvalue weighted by Gasteiger charge is -2.64. The molecule has 4 aliphatic carbocycles. The molecule has 0 aromatic rings. The van der Waals surface area contributed by atoms with Gasteiger partial charge in [0.1, 0.15) is 31.5 Å². The molecule has 4 fully saturated rings. The third kappa shape index (κ3) is 8.13. The van der Waals surface area contributed by atoms with Gasteiger partial charge in [-0.2, -0.15) is 0 Å². The minimum atomic E-state index is -0.427. The Morgan fingerprint density at radius 2 is 1.45 bits per heavy atom. The van der Waals surface area contributed by atoms with Crippen LogP contribution in [0.4, 0.5) is 0 Å². The number of ether oxygens (including phenoxy) is 4. The molecule has 4 aliphatic rings. The number of likely N-dealkylation sites (N-methyl/N-ethyl adjacent to an activating group) is 1. The second-order valence-electron chi connectivity index (χ2n) is 16.3. The fourth-order valence-electron chi connectivity index (χ4n) is 10.2. The van der Waals surface area contributed by atoms with Crippen molar-refractivity contribution in [3.05, 3.63) is 0 Å². The number of rotatable bonds is 13. The summed E-state index contributed by atoms with van der Waals surface area (Å²) >= 11 is 0. The molecule has 0 saturated heterocycles. The minimum absolute atomic E-state index is 0.0606. The van der Waals surface area contributed by atoms with Crippen LogP contribution in [-0.4, -0.2) is 101 Å². The molecule has 0 amide bonds. The molecule has 12 nitrogen and oxygen atoms in total. The average molecular weight is 666 g/mol. The van der Waals surface area contributed by atoms with Crippen molar-refractivity contribution in [3.63, 3.8) is 0 Å². The SMILES string of the molecule is C[C@H](CCC(=O)OCC[N+](C)(C)C)[C@H]1CC[C@H]2[C@@H]3[C@H](OC(=O)CN)C[C@@H]4C[C@H](OC(=O)CN)CC[C@]4(C)[C@H]3C[C@H](OC(=O)CN)[C@]12C. The molecule has 0 heterocycles. The maximum Gasteiger partial charge on any atom is 0.319 e. The molecule has 4 rings (SSSR count). The number of hydrogen-bond donors (Lipinski definition) is 3. The molecule has 0 spiro atoms. The number of carbonyl (C=O) groups excluding carboxylic acids is 4. The van der Waals surface area contributed by atoms with Gasteiger partial charge in [-0.15, -0.1) is 0 Å². The number of nitrogens with two attached hydrogens (primary N) is 3. The number of fused-ring (bicyclic) bond motifs is 5. The van der Waals surface area contributed by atoms with Gasteiger partial charge in [0, 0.05) is 17.8 Å². The second kappa shape index (κ2) is 15.1. The predicted octanol–water partition coefficient (Wildman–Crippen LogP) is 2.14. The van der Waals surface area contributed by atoms with Crippen LogP contribution >= 0.6 is 0 Å². The number of hydrogen-bond acceptors (Lipinski definition) is 11. The van der Waals surface area contributed by atoms with Crippen molar-refractivity contribution in [1.82, 2.24) is 0 Å². The van der Waals surface area contributed by atoms with Crippen LogP contribution in [0.3, 0.4) is 0 Å². The Kier molecular flexibility index (Phi) is 12.1. The van der Waals surface area contributed by atoms with E-state index in [2.05, 4.69) is 41.9 Å². The van der Waals surface area contributed by atoms with Gasteiger partial charge >= 0.3 is 23.9 Å². The van der Waals surface area contributed by atoms with Crippen LogP contribution in [0.15, 0.2) is 0 Å². The zero-order valence-electron chi connectivity index (χ0n) is 29.5. The van der Waals surface area contributed by atoms with Crippen molar-refractivity contribution < 1.29 is 42.6 Å². The summed E-state index contributed by atoms with van der Waals surface area (Å²) in [5.41, 5.74) is 16.5. The van der Waals surface area contributed by atoms with E-state index in [0.29, 0.717) is 38.7 Å². The van der Waals surface area contributed by atoms with Crippen LogP contribution in [0.5, 0.6) is 0 Å². The Hall–Kier alpha value is -2.28.